The highest BCUT2D eigenvalue weighted by molar-refractivity contribution is 5.87. The van der Waals surface area contributed by atoms with Crippen molar-refractivity contribution in [2.45, 2.75) is 20.3 Å². The highest BCUT2D eigenvalue weighted by atomic mass is 16.4. The molecule has 0 saturated heterocycles. The molecule has 2 nitrogen and oxygen atoms in total. The molecular weight excluding hydrogens is 200 g/mol. The molecule has 0 unspecified atom stereocenters. The molecule has 2 heteroatoms. The molecule has 0 atom stereocenters. The van der Waals surface area contributed by atoms with E-state index >= 15 is 0 Å². The van der Waals surface area contributed by atoms with Gasteiger partial charge in [0.25, 0.3) is 0 Å². The molecule has 0 bridgehead atoms. The molecular formula is C14H16O2. The molecule has 0 radical (unpaired) electrons. The zero-order valence-corrected chi connectivity index (χ0v) is 9.60. The molecule has 1 rings (SSSR count). The Balaban J connectivity index is 2.91. The lowest BCUT2D eigenvalue weighted by Gasteiger charge is -2.01. The van der Waals surface area contributed by atoms with Gasteiger partial charge in [-0.25, -0.2) is 4.79 Å². The topological polar surface area (TPSA) is 37.3 Å². The third-order valence-corrected chi connectivity index (χ3v) is 2.46. The number of carboxylic acids is 1. The molecule has 0 saturated carbocycles. The quantitative estimate of drug-likeness (QED) is 0.617. The van der Waals surface area contributed by atoms with Crippen LogP contribution in [0.15, 0.2) is 47.6 Å². The van der Waals surface area contributed by atoms with Crippen molar-refractivity contribution < 1.29 is 9.90 Å². The van der Waals surface area contributed by atoms with Crippen LogP contribution in [0.2, 0.25) is 0 Å². The Labute approximate surface area is 95.9 Å². The summed E-state index contributed by atoms with van der Waals surface area (Å²) in [5.41, 5.74) is 2.35. The lowest BCUT2D eigenvalue weighted by atomic mass is 10.1. The molecule has 1 aromatic carbocycles. The number of hydrogen-bond donors (Lipinski definition) is 1. The van der Waals surface area contributed by atoms with Crippen LogP contribution in [-0.4, -0.2) is 11.1 Å². The fourth-order valence-electron chi connectivity index (χ4n) is 1.41. The van der Waals surface area contributed by atoms with E-state index in [4.69, 9.17) is 5.11 Å². The van der Waals surface area contributed by atoms with E-state index in [0.717, 1.165) is 17.6 Å². The van der Waals surface area contributed by atoms with E-state index in [1.807, 2.05) is 49.4 Å². The van der Waals surface area contributed by atoms with Crippen LogP contribution in [0, 0.1) is 0 Å². The summed E-state index contributed by atoms with van der Waals surface area (Å²) in [6.07, 6.45) is 4.53. The average Bonchev–Trinajstić information content (AvgIpc) is 2.30. The second-order valence-electron chi connectivity index (χ2n) is 3.55. The minimum atomic E-state index is -0.852. The fourth-order valence-corrected chi connectivity index (χ4v) is 1.41. The smallest absolute Gasteiger partial charge is 0.331 e. The van der Waals surface area contributed by atoms with Gasteiger partial charge in [0.15, 0.2) is 0 Å². The van der Waals surface area contributed by atoms with Gasteiger partial charge < -0.3 is 5.11 Å². The van der Waals surface area contributed by atoms with E-state index in [0.29, 0.717) is 5.57 Å². The number of benzene rings is 1. The highest BCUT2D eigenvalue weighted by Crippen LogP contribution is 2.12. The normalized spacial score (nSPS) is 12.6. The molecule has 0 aliphatic carbocycles. The summed E-state index contributed by atoms with van der Waals surface area (Å²) >= 11 is 0. The molecule has 0 amide bonds. The number of carboxylic acid groups (broad SMARTS) is 1. The Morgan fingerprint density at radius 3 is 2.44 bits per heavy atom. The summed E-state index contributed by atoms with van der Waals surface area (Å²) in [6, 6.07) is 9.84. The van der Waals surface area contributed by atoms with Crippen molar-refractivity contribution in [1.82, 2.24) is 0 Å². The second-order valence-corrected chi connectivity index (χ2v) is 3.55. The third kappa shape index (κ3) is 3.39. The zero-order chi connectivity index (χ0) is 12.0. The van der Waals surface area contributed by atoms with Crippen LogP contribution in [-0.2, 0) is 4.79 Å². The summed E-state index contributed by atoms with van der Waals surface area (Å²) < 4.78 is 0. The van der Waals surface area contributed by atoms with Gasteiger partial charge in [0.1, 0.15) is 0 Å². The fraction of sp³-hybridized carbons (Fsp3) is 0.214. The number of carbonyl (C=O) groups is 1. The largest absolute Gasteiger partial charge is 0.478 e. The van der Waals surface area contributed by atoms with Crippen LogP contribution in [0.25, 0.3) is 6.08 Å². The Morgan fingerprint density at radius 1 is 1.31 bits per heavy atom. The Kier molecular flexibility index (Phi) is 4.52. The van der Waals surface area contributed by atoms with Crippen molar-refractivity contribution in [3.05, 3.63) is 53.1 Å². The second kappa shape index (κ2) is 5.91. The number of allylic oxidation sites excluding steroid dienone is 2. The Hall–Kier alpha value is -1.83. The van der Waals surface area contributed by atoms with Crippen molar-refractivity contribution in [3.63, 3.8) is 0 Å². The summed E-state index contributed by atoms with van der Waals surface area (Å²) in [7, 11) is 0. The van der Waals surface area contributed by atoms with E-state index < -0.39 is 5.97 Å². The minimum Gasteiger partial charge on any atom is -0.478 e. The van der Waals surface area contributed by atoms with Crippen molar-refractivity contribution in [1.29, 1.82) is 0 Å². The Morgan fingerprint density at radius 2 is 1.94 bits per heavy atom. The predicted octanol–water partition coefficient (Wildman–Crippen LogP) is 3.51. The van der Waals surface area contributed by atoms with Gasteiger partial charge in [0, 0.05) is 5.57 Å². The summed E-state index contributed by atoms with van der Waals surface area (Å²) in [4.78, 5) is 10.8. The summed E-state index contributed by atoms with van der Waals surface area (Å²) in [5, 5.41) is 8.89. The summed E-state index contributed by atoms with van der Waals surface area (Å²) in [6.45, 7) is 3.59. The standard InChI is InChI=1S/C14H16O2/c1-3-13(11(2)14(15)16)10-9-12-7-5-4-6-8-12/h4-10H,3H2,1-2H3,(H,15,16). The molecule has 0 aliphatic heterocycles. The maximum Gasteiger partial charge on any atom is 0.331 e. The Bertz CT molecular complexity index is 414. The molecule has 0 aliphatic rings. The van der Waals surface area contributed by atoms with Gasteiger partial charge in [0.2, 0.25) is 0 Å². The van der Waals surface area contributed by atoms with Crippen LogP contribution in [0.3, 0.4) is 0 Å². The molecule has 0 heterocycles. The van der Waals surface area contributed by atoms with Crippen molar-refractivity contribution in [3.8, 4) is 0 Å². The molecule has 84 valence electrons. The van der Waals surface area contributed by atoms with E-state index in [1.54, 1.807) is 6.92 Å². The lowest BCUT2D eigenvalue weighted by Crippen LogP contribution is -1.99. The SMILES string of the molecule is CCC(C=Cc1ccccc1)=C(C)C(=O)O. The van der Waals surface area contributed by atoms with Gasteiger partial charge in [-0.15, -0.1) is 0 Å². The average molecular weight is 216 g/mol. The van der Waals surface area contributed by atoms with E-state index in [9.17, 15) is 4.79 Å². The molecule has 0 aromatic heterocycles. The van der Waals surface area contributed by atoms with E-state index in [-0.39, 0.29) is 0 Å². The van der Waals surface area contributed by atoms with Crippen LogP contribution in [0.5, 0.6) is 0 Å². The van der Waals surface area contributed by atoms with Crippen molar-refractivity contribution in [2.75, 3.05) is 0 Å². The first-order chi connectivity index (χ1) is 7.65. The first-order valence-electron chi connectivity index (χ1n) is 5.31. The third-order valence-electron chi connectivity index (χ3n) is 2.46. The van der Waals surface area contributed by atoms with Gasteiger partial charge in [-0.3, -0.25) is 0 Å². The molecule has 0 fully saturated rings. The van der Waals surface area contributed by atoms with Crippen LogP contribution in [0.4, 0.5) is 0 Å². The van der Waals surface area contributed by atoms with Crippen molar-refractivity contribution in [2.24, 2.45) is 0 Å². The van der Waals surface area contributed by atoms with E-state index in [1.165, 1.54) is 0 Å². The molecule has 1 aromatic rings. The maximum absolute atomic E-state index is 10.8. The van der Waals surface area contributed by atoms with Crippen LogP contribution < -0.4 is 0 Å². The summed E-state index contributed by atoms with van der Waals surface area (Å²) in [5.74, 6) is -0.852. The van der Waals surface area contributed by atoms with Gasteiger partial charge >= 0.3 is 5.97 Å². The first kappa shape index (κ1) is 12.2. The maximum atomic E-state index is 10.8. The highest BCUT2D eigenvalue weighted by Gasteiger charge is 2.04. The monoisotopic (exact) mass is 216 g/mol. The molecule has 1 N–H and O–H groups in total. The minimum absolute atomic E-state index is 0.412. The lowest BCUT2D eigenvalue weighted by molar-refractivity contribution is -0.132. The van der Waals surface area contributed by atoms with Crippen molar-refractivity contribution >= 4 is 12.0 Å². The number of rotatable bonds is 4. The molecule has 16 heavy (non-hydrogen) atoms. The predicted molar refractivity (Wildman–Crippen MR) is 66.1 cm³/mol. The van der Waals surface area contributed by atoms with E-state index in [2.05, 4.69) is 0 Å². The number of aliphatic carboxylic acids is 1. The zero-order valence-electron chi connectivity index (χ0n) is 9.60. The van der Waals surface area contributed by atoms with Gasteiger partial charge in [-0.1, -0.05) is 49.4 Å². The number of hydrogen-bond acceptors (Lipinski definition) is 1. The van der Waals surface area contributed by atoms with Gasteiger partial charge in [0.05, 0.1) is 0 Å². The first-order valence-corrected chi connectivity index (χ1v) is 5.31. The van der Waals surface area contributed by atoms with Crippen LogP contribution in [0.1, 0.15) is 25.8 Å². The van der Waals surface area contributed by atoms with Gasteiger partial charge in [-0.05, 0) is 24.5 Å². The van der Waals surface area contributed by atoms with Gasteiger partial charge in [-0.2, -0.15) is 0 Å². The molecule has 0 spiro atoms. The van der Waals surface area contributed by atoms with Crippen LogP contribution >= 0.6 is 0 Å².